The van der Waals surface area contributed by atoms with Gasteiger partial charge in [0.25, 0.3) is 11.1 Å². The Morgan fingerprint density at radius 3 is 2.56 bits per heavy atom. The summed E-state index contributed by atoms with van der Waals surface area (Å²) in [5.74, 6) is 0.559. The van der Waals surface area contributed by atoms with E-state index in [1.807, 2.05) is 77.5 Å². The van der Waals surface area contributed by atoms with Gasteiger partial charge in [-0.2, -0.15) is 0 Å². The van der Waals surface area contributed by atoms with Gasteiger partial charge in [0, 0.05) is 68.3 Å². The van der Waals surface area contributed by atoms with Gasteiger partial charge in [0.15, 0.2) is 0 Å². The first-order valence-corrected chi connectivity index (χ1v) is 14.3. The zero-order chi connectivity index (χ0) is 29.5. The van der Waals surface area contributed by atoms with Crippen LogP contribution in [0.25, 0.3) is 33.2 Å². The minimum atomic E-state index is -0.299. The molecule has 1 aliphatic rings. The largest absolute Gasteiger partial charge is 0.392 e. The van der Waals surface area contributed by atoms with Gasteiger partial charge in [-0.1, -0.05) is 30.3 Å². The Balaban J connectivity index is 1.26. The Labute approximate surface area is 247 Å². The number of aliphatic hydroxyl groups excluding tert-OH is 1. The number of piperazine rings is 1. The zero-order valence-electron chi connectivity index (χ0n) is 23.7. The van der Waals surface area contributed by atoms with E-state index < -0.39 is 0 Å². The number of fused-ring (bicyclic) bond motifs is 3. The standard InChI is InChI=1S/C33H31N7O3/c1-37-20-23(17-27(32(37)42)36-31-10-9-24(19-35-31)38-13-11-34-12-14-38)25-6-4-8-29(26(25)21-41)40-16-15-39-28-7-3-2-5-22(28)18-30(39)33(40)43/h2-10,15-20,34,41H,11-14,21H2,1H3,(H,35,36). The van der Waals surface area contributed by atoms with E-state index in [1.54, 1.807) is 30.1 Å². The maximum atomic E-state index is 13.7. The molecule has 1 fully saturated rings. The summed E-state index contributed by atoms with van der Waals surface area (Å²) in [6, 6.07) is 20.9. The number of pyridine rings is 2. The van der Waals surface area contributed by atoms with Crippen LogP contribution in [0, 0.1) is 0 Å². The van der Waals surface area contributed by atoms with Crippen LogP contribution in [0.5, 0.6) is 0 Å². The Hall–Kier alpha value is -5.19. The molecule has 0 amide bonds. The molecule has 0 spiro atoms. The third kappa shape index (κ3) is 4.76. The van der Waals surface area contributed by atoms with Crippen molar-refractivity contribution in [1.82, 2.24) is 23.8 Å². The minimum Gasteiger partial charge on any atom is -0.392 e. The van der Waals surface area contributed by atoms with Gasteiger partial charge >= 0.3 is 0 Å². The summed E-state index contributed by atoms with van der Waals surface area (Å²) >= 11 is 0. The van der Waals surface area contributed by atoms with E-state index in [2.05, 4.69) is 20.5 Å². The van der Waals surface area contributed by atoms with Crippen LogP contribution in [0.3, 0.4) is 0 Å². The van der Waals surface area contributed by atoms with Gasteiger partial charge in [0.2, 0.25) is 0 Å². The number of nitrogens with one attached hydrogen (secondary N) is 2. The summed E-state index contributed by atoms with van der Waals surface area (Å²) in [7, 11) is 1.69. The normalized spacial score (nSPS) is 13.6. The fraction of sp³-hybridized carbons (Fsp3) is 0.182. The summed E-state index contributed by atoms with van der Waals surface area (Å²) in [5.41, 5.74) is 5.08. The van der Waals surface area contributed by atoms with E-state index in [1.165, 1.54) is 4.57 Å². The van der Waals surface area contributed by atoms with Gasteiger partial charge in [0.1, 0.15) is 17.0 Å². The number of anilines is 3. The van der Waals surface area contributed by atoms with E-state index in [4.69, 9.17) is 0 Å². The molecule has 6 aromatic rings. The van der Waals surface area contributed by atoms with E-state index in [9.17, 15) is 14.7 Å². The number of para-hydroxylation sites is 1. The van der Waals surface area contributed by atoms with Gasteiger partial charge in [-0.05, 0) is 42.0 Å². The lowest BCUT2D eigenvalue weighted by Crippen LogP contribution is -2.43. The fourth-order valence-corrected chi connectivity index (χ4v) is 5.91. The van der Waals surface area contributed by atoms with Crippen LogP contribution in [-0.4, -0.2) is 49.8 Å². The molecular formula is C33H31N7O3. The lowest BCUT2D eigenvalue weighted by Gasteiger charge is -2.29. The predicted molar refractivity (Wildman–Crippen MR) is 170 cm³/mol. The SMILES string of the molecule is Cn1cc(-c2cccc(-n3ccn4c(cc5ccccc54)c3=O)c2CO)cc(Nc2ccc(N3CCNCC3)cn2)c1=O. The quantitative estimate of drug-likeness (QED) is 0.279. The molecular weight excluding hydrogens is 542 g/mol. The summed E-state index contributed by atoms with van der Waals surface area (Å²) in [6.45, 7) is 3.42. The van der Waals surface area contributed by atoms with Crippen LogP contribution < -0.4 is 26.7 Å². The summed E-state index contributed by atoms with van der Waals surface area (Å²) < 4.78 is 4.95. The Kier molecular flexibility index (Phi) is 6.77. The molecule has 7 rings (SSSR count). The first-order valence-electron chi connectivity index (χ1n) is 14.3. The highest BCUT2D eigenvalue weighted by Crippen LogP contribution is 2.30. The predicted octanol–water partition coefficient (Wildman–Crippen LogP) is 3.65. The van der Waals surface area contributed by atoms with E-state index in [0.717, 1.165) is 48.3 Å². The van der Waals surface area contributed by atoms with Crippen molar-refractivity contribution >= 4 is 33.6 Å². The molecule has 1 aliphatic heterocycles. The smallest absolute Gasteiger partial charge is 0.279 e. The second kappa shape index (κ2) is 10.9. The van der Waals surface area contributed by atoms with Crippen molar-refractivity contribution in [2.45, 2.75) is 6.61 Å². The fourth-order valence-electron chi connectivity index (χ4n) is 5.91. The number of aliphatic hydroxyl groups is 1. The highest BCUT2D eigenvalue weighted by atomic mass is 16.3. The Morgan fingerprint density at radius 1 is 0.930 bits per heavy atom. The number of hydrogen-bond donors (Lipinski definition) is 3. The molecule has 0 radical (unpaired) electrons. The summed E-state index contributed by atoms with van der Waals surface area (Å²) in [4.78, 5) is 33.6. The van der Waals surface area contributed by atoms with Gasteiger partial charge in [-0.15, -0.1) is 0 Å². The zero-order valence-corrected chi connectivity index (χ0v) is 23.7. The maximum Gasteiger partial charge on any atom is 0.279 e. The average molecular weight is 574 g/mol. The van der Waals surface area contributed by atoms with Crippen LogP contribution in [-0.2, 0) is 13.7 Å². The number of aromatic nitrogens is 4. The van der Waals surface area contributed by atoms with Gasteiger partial charge in [-0.3, -0.25) is 14.2 Å². The summed E-state index contributed by atoms with van der Waals surface area (Å²) in [5, 5.41) is 18.1. The number of aryl methyl sites for hydroxylation is 1. The minimum absolute atomic E-state index is 0.191. The third-order valence-electron chi connectivity index (χ3n) is 8.11. The van der Waals surface area contributed by atoms with Crippen molar-refractivity contribution in [3.05, 3.63) is 118 Å². The number of nitrogens with zero attached hydrogens (tertiary/aromatic N) is 5. The molecule has 10 nitrogen and oxygen atoms in total. The molecule has 0 unspecified atom stereocenters. The van der Waals surface area contributed by atoms with E-state index in [0.29, 0.717) is 33.8 Å². The summed E-state index contributed by atoms with van der Waals surface area (Å²) in [6.07, 6.45) is 7.14. The highest BCUT2D eigenvalue weighted by Gasteiger charge is 2.17. The number of rotatable bonds is 6. The molecule has 2 aromatic carbocycles. The maximum absolute atomic E-state index is 13.7. The molecule has 1 saturated heterocycles. The van der Waals surface area contributed by atoms with Crippen LogP contribution in [0.1, 0.15) is 5.56 Å². The van der Waals surface area contributed by atoms with Crippen molar-refractivity contribution in [2.75, 3.05) is 36.4 Å². The highest BCUT2D eigenvalue weighted by molar-refractivity contribution is 5.87. The number of hydrogen-bond acceptors (Lipinski definition) is 7. The van der Waals surface area contributed by atoms with E-state index >= 15 is 0 Å². The van der Waals surface area contributed by atoms with Crippen LogP contribution in [0.15, 0.2) is 101 Å². The van der Waals surface area contributed by atoms with Crippen molar-refractivity contribution in [3.8, 4) is 16.8 Å². The average Bonchev–Trinajstić information content (AvgIpc) is 3.43. The Morgan fingerprint density at radius 2 is 1.77 bits per heavy atom. The van der Waals surface area contributed by atoms with Crippen LogP contribution >= 0.6 is 0 Å². The van der Waals surface area contributed by atoms with Gasteiger partial charge in [-0.25, -0.2) is 4.98 Å². The molecule has 4 aromatic heterocycles. The molecule has 3 N–H and O–H groups in total. The molecule has 0 aliphatic carbocycles. The first-order chi connectivity index (χ1) is 21.0. The van der Waals surface area contributed by atoms with Crippen molar-refractivity contribution < 1.29 is 5.11 Å². The molecule has 0 bridgehead atoms. The van der Waals surface area contributed by atoms with Crippen molar-refractivity contribution in [2.24, 2.45) is 7.05 Å². The molecule has 0 atom stereocenters. The molecule has 0 saturated carbocycles. The van der Waals surface area contributed by atoms with Crippen LogP contribution in [0.4, 0.5) is 17.2 Å². The second-order valence-corrected chi connectivity index (χ2v) is 10.7. The van der Waals surface area contributed by atoms with Crippen molar-refractivity contribution in [1.29, 1.82) is 0 Å². The molecule has 43 heavy (non-hydrogen) atoms. The second-order valence-electron chi connectivity index (χ2n) is 10.7. The topological polar surface area (TPSA) is 109 Å². The van der Waals surface area contributed by atoms with E-state index in [-0.39, 0.29) is 17.7 Å². The monoisotopic (exact) mass is 573 g/mol. The van der Waals surface area contributed by atoms with Crippen LogP contribution in [0.2, 0.25) is 0 Å². The first kappa shape index (κ1) is 26.7. The lowest BCUT2D eigenvalue weighted by atomic mass is 9.99. The van der Waals surface area contributed by atoms with Gasteiger partial charge < -0.3 is 29.6 Å². The number of benzene rings is 2. The van der Waals surface area contributed by atoms with Gasteiger partial charge in [0.05, 0.1) is 29.7 Å². The third-order valence-corrected chi connectivity index (χ3v) is 8.11. The Bertz CT molecular complexity index is 2090. The molecule has 216 valence electrons. The molecule has 10 heteroatoms. The lowest BCUT2D eigenvalue weighted by molar-refractivity contribution is 0.282. The van der Waals surface area contributed by atoms with Crippen molar-refractivity contribution in [3.63, 3.8) is 0 Å². The molecule has 5 heterocycles.